The third kappa shape index (κ3) is 2.81. The molecule has 1 fully saturated rings. The van der Waals surface area contributed by atoms with Crippen LogP contribution in [0.25, 0.3) is 0 Å². The lowest BCUT2D eigenvalue weighted by atomic mass is 9.64. The number of phenols is 1. The largest absolute Gasteiger partial charge is 0.508 e. The van der Waals surface area contributed by atoms with Crippen LogP contribution in [0.2, 0.25) is 0 Å². The molecule has 3 atom stereocenters. The first kappa shape index (κ1) is 15.3. The molecule has 1 aromatic rings. The lowest BCUT2D eigenvalue weighted by molar-refractivity contribution is -0.116. The number of aromatic hydroxyl groups is 1. The van der Waals surface area contributed by atoms with Gasteiger partial charge in [-0.05, 0) is 38.5 Å². The Kier molecular flexibility index (Phi) is 4.35. The summed E-state index contributed by atoms with van der Waals surface area (Å²) in [7, 11) is 0. The highest BCUT2D eigenvalue weighted by atomic mass is 19.1. The van der Waals surface area contributed by atoms with Gasteiger partial charge >= 0.3 is 0 Å². The monoisotopic (exact) mass is 281 g/mol. The van der Waals surface area contributed by atoms with Crippen LogP contribution in [0.15, 0.2) is 18.2 Å². The zero-order valence-electron chi connectivity index (χ0n) is 12.6. The summed E-state index contributed by atoms with van der Waals surface area (Å²) in [6, 6.07) is 4.26. The van der Waals surface area contributed by atoms with Crippen molar-refractivity contribution in [2.75, 3.05) is 6.61 Å². The summed E-state index contributed by atoms with van der Waals surface area (Å²) in [5.41, 5.74) is 0.647. The summed E-state index contributed by atoms with van der Waals surface area (Å²) in [5.74, 6) is -0.198. The second-order valence-electron chi connectivity index (χ2n) is 6.15. The molecule has 0 spiro atoms. The van der Waals surface area contributed by atoms with Crippen LogP contribution in [0, 0.1) is 11.2 Å². The van der Waals surface area contributed by atoms with Crippen LogP contribution in [-0.4, -0.2) is 23.9 Å². The molecule has 0 amide bonds. The summed E-state index contributed by atoms with van der Waals surface area (Å²) in [5, 5.41) is 13.3. The van der Waals surface area contributed by atoms with Crippen molar-refractivity contribution < 1.29 is 14.2 Å². The minimum absolute atomic E-state index is 0.0488. The quantitative estimate of drug-likeness (QED) is 0.869. The minimum Gasteiger partial charge on any atom is -0.508 e. The van der Waals surface area contributed by atoms with Crippen molar-refractivity contribution in [2.24, 2.45) is 5.41 Å². The van der Waals surface area contributed by atoms with Gasteiger partial charge in [0.1, 0.15) is 11.6 Å². The van der Waals surface area contributed by atoms with E-state index in [0.717, 1.165) is 13.0 Å². The lowest BCUT2D eigenvalue weighted by Crippen LogP contribution is -2.61. The SMILES string of the molecule is CCOC1CC(NC(C)c2cc(F)ccc2O)C1(C)C. The molecule has 0 aromatic heterocycles. The molecule has 20 heavy (non-hydrogen) atoms. The topological polar surface area (TPSA) is 41.5 Å². The highest BCUT2D eigenvalue weighted by Gasteiger charge is 2.49. The normalized spacial score (nSPS) is 26.1. The number of ether oxygens (including phenoxy) is 1. The van der Waals surface area contributed by atoms with E-state index in [0.29, 0.717) is 11.6 Å². The maximum Gasteiger partial charge on any atom is 0.123 e. The Morgan fingerprint density at radius 2 is 2.20 bits per heavy atom. The van der Waals surface area contributed by atoms with E-state index in [1.807, 2.05) is 13.8 Å². The van der Waals surface area contributed by atoms with Crippen molar-refractivity contribution in [1.29, 1.82) is 0 Å². The van der Waals surface area contributed by atoms with Crippen LogP contribution in [0.4, 0.5) is 4.39 Å². The van der Waals surface area contributed by atoms with E-state index >= 15 is 0 Å². The van der Waals surface area contributed by atoms with E-state index in [1.54, 1.807) is 0 Å². The number of halogens is 1. The third-order valence-electron chi connectivity index (χ3n) is 4.45. The second kappa shape index (κ2) is 5.70. The van der Waals surface area contributed by atoms with E-state index < -0.39 is 0 Å². The molecule has 1 aliphatic carbocycles. The van der Waals surface area contributed by atoms with Gasteiger partial charge in [-0.25, -0.2) is 4.39 Å². The Labute approximate surface area is 120 Å². The predicted octanol–water partition coefficient (Wildman–Crippen LogP) is 3.39. The summed E-state index contributed by atoms with van der Waals surface area (Å²) < 4.78 is 19.0. The number of phenolic OH excluding ortho intramolecular Hbond substituents is 1. The predicted molar refractivity (Wildman–Crippen MR) is 77.2 cm³/mol. The molecule has 2 N–H and O–H groups in total. The number of benzene rings is 1. The van der Waals surface area contributed by atoms with Crippen LogP contribution in [-0.2, 0) is 4.74 Å². The second-order valence-corrected chi connectivity index (χ2v) is 6.15. The minimum atomic E-state index is -0.327. The number of hydrogen-bond donors (Lipinski definition) is 2. The number of hydrogen-bond acceptors (Lipinski definition) is 3. The fraction of sp³-hybridized carbons (Fsp3) is 0.625. The molecule has 0 saturated heterocycles. The average molecular weight is 281 g/mol. The molecule has 3 unspecified atom stereocenters. The molecule has 1 aliphatic rings. The van der Waals surface area contributed by atoms with Gasteiger partial charge < -0.3 is 15.2 Å². The van der Waals surface area contributed by atoms with Gasteiger partial charge in [-0.2, -0.15) is 0 Å². The standard InChI is InChI=1S/C16H24FNO2/c1-5-20-15-9-14(16(15,3)4)18-10(2)12-8-11(17)6-7-13(12)19/h6-8,10,14-15,18-19H,5,9H2,1-4H3. The van der Waals surface area contributed by atoms with Gasteiger partial charge in [0.15, 0.2) is 0 Å². The fourth-order valence-electron chi connectivity index (χ4n) is 2.92. The van der Waals surface area contributed by atoms with E-state index in [4.69, 9.17) is 4.74 Å². The van der Waals surface area contributed by atoms with Crippen LogP contribution in [0.3, 0.4) is 0 Å². The maximum absolute atomic E-state index is 13.3. The molecule has 0 heterocycles. The molecular formula is C16H24FNO2. The third-order valence-corrected chi connectivity index (χ3v) is 4.45. The molecule has 1 saturated carbocycles. The van der Waals surface area contributed by atoms with E-state index in [2.05, 4.69) is 19.2 Å². The van der Waals surface area contributed by atoms with Crippen LogP contribution >= 0.6 is 0 Å². The van der Waals surface area contributed by atoms with Gasteiger partial charge in [0.2, 0.25) is 0 Å². The Balaban J connectivity index is 2.02. The molecule has 112 valence electrons. The molecular weight excluding hydrogens is 257 g/mol. The van der Waals surface area contributed by atoms with Crippen molar-refractivity contribution >= 4 is 0 Å². The molecule has 0 aliphatic heterocycles. The van der Waals surface area contributed by atoms with Crippen LogP contribution in [0.1, 0.15) is 45.7 Å². The van der Waals surface area contributed by atoms with Crippen molar-refractivity contribution in [3.63, 3.8) is 0 Å². The molecule has 0 bridgehead atoms. The van der Waals surface area contributed by atoms with Gasteiger partial charge in [-0.3, -0.25) is 0 Å². The smallest absolute Gasteiger partial charge is 0.123 e. The van der Waals surface area contributed by atoms with E-state index in [9.17, 15) is 9.50 Å². The first-order valence-electron chi connectivity index (χ1n) is 7.22. The van der Waals surface area contributed by atoms with Gasteiger partial charge in [-0.15, -0.1) is 0 Å². The van der Waals surface area contributed by atoms with Crippen LogP contribution < -0.4 is 5.32 Å². The Morgan fingerprint density at radius 1 is 1.50 bits per heavy atom. The van der Waals surface area contributed by atoms with Gasteiger partial charge in [-0.1, -0.05) is 13.8 Å². The summed E-state index contributed by atoms with van der Waals surface area (Å²) in [6.07, 6.45) is 1.21. The fourth-order valence-corrected chi connectivity index (χ4v) is 2.92. The first-order chi connectivity index (χ1) is 9.36. The first-order valence-corrected chi connectivity index (χ1v) is 7.22. The zero-order valence-corrected chi connectivity index (χ0v) is 12.6. The Bertz CT molecular complexity index is 476. The van der Waals surface area contributed by atoms with Gasteiger partial charge in [0, 0.05) is 29.7 Å². The highest BCUT2D eigenvalue weighted by molar-refractivity contribution is 5.35. The molecule has 3 nitrogen and oxygen atoms in total. The number of rotatable bonds is 5. The van der Waals surface area contributed by atoms with Gasteiger partial charge in [0.05, 0.1) is 6.10 Å². The van der Waals surface area contributed by atoms with Crippen molar-refractivity contribution in [2.45, 2.75) is 52.3 Å². The molecule has 1 aromatic carbocycles. The summed E-state index contributed by atoms with van der Waals surface area (Å²) >= 11 is 0. The molecule has 2 rings (SSSR count). The van der Waals surface area contributed by atoms with Crippen molar-refractivity contribution in [3.05, 3.63) is 29.6 Å². The maximum atomic E-state index is 13.3. The molecule has 0 radical (unpaired) electrons. The van der Waals surface area contributed by atoms with Crippen LogP contribution in [0.5, 0.6) is 5.75 Å². The van der Waals surface area contributed by atoms with E-state index in [-0.39, 0.29) is 29.1 Å². The zero-order chi connectivity index (χ0) is 14.9. The van der Waals surface area contributed by atoms with E-state index in [1.165, 1.54) is 18.2 Å². The number of nitrogens with one attached hydrogen (secondary N) is 1. The summed E-state index contributed by atoms with van der Waals surface area (Å²) in [6.45, 7) is 9.02. The van der Waals surface area contributed by atoms with Gasteiger partial charge in [0.25, 0.3) is 0 Å². The lowest BCUT2D eigenvalue weighted by Gasteiger charge is -2.52. The van der Waals surface area contributed by atoms with Crippen molar-refractivity contribution in [3.8, 4) is 5.75 Å². The Morgan fingerprint density at radius 3 is 2.80 bits per heavy atom. The molecule has 4 heteroatoms. The highest BCUT2D eigenvalue weighted by Crippen LogP contribution is 2.44. The average Bonchev–Trinajstić information content (AvgIpc) is 2.40. The Hall–Kier alpha value is -1.13. The summed E-state index contributed by atoms with van der Waals surface area (Å²) in [4.78, 5) is 0. The van der Waals surface area contributed by atoms with Crippen molar-refractivity contribution in [1.82, 2.24) is 5.32 Å².